The van der Waals surface area contributed by atoms with E-state index < -0.39 is 12.0 Å². The summed E-state index contributed by atoms with van der Waals surface area (Å²) in [5.74, 6) is 1.27. The van der Waals surface area contributed by atoms with E-state index in [0.717, 1.165) is 26.7 Å². The van der Waals surface area contributed by atoms with E-state index in [1.807, 2.05) is 36.4 Å². The van der Waals surface area contributed by atoms with Crippen molar-refractivity contribution in [2.75, 3.05) is 18.1 Å². The van der Waals surface area contributed by atoms with Crippen molar-refractivity contribution in [3.05, 3.63) is 53.5 Å². The van der Waals surface area contributed by atoms with E-state index in [0.29, 0.717) is 17.4 Å². The highest BCUT2D eigenvalue weighted by atomic mass is 32.2. The summed E-state index contributed by atoms with van der Waals surface area (Å²) >= 11 is 4.73. The summed E-state index contributed by atoms with van der Waals surface area (Å²) in [6, 6.07) is 15.4. The molecule has 1 aliphatic rings. The van der Waals surface area contributed by atoms with Crippen LogP contribution in [0.15, 0.2) is 58.4 Å². The minimum absolute atomic E-state index is 0.466. The Morgan fingerprint density at radius 3 is 2.89 bits per heavy atom. The fourth-order valence-electron chi connectivity index (χ4n) is 2.54. The van der Waals surface area contributed by atoms with Gasteiger partial charge in [-0.25, -0.2) is 9.78 Å². The molecule has 2 heterocycles. The Labute approximate surface area is 168 Å². The molecule has 1 N–H and O–H groups in total. The van der Waals surface area contributed by atoms with Gasteiger partial charge in [-0.2, -0.15) is 0 Å². The first-order valence-electron chi connectivity index (χ1n) is 8.34. The predicted octanol–water partition coefficient (Wildman–Crippen LogP) is 4.41. The summed E-state index contributed by atoms with van der Waals surface area (Å²) in [7, 11) is 0. The van der Waals surface area contributed by atoms with Gasteiger partial charge in [-0.15, -0.1) is 34.9 Å². The predicted molar refractivity (Wildman–Crippen MR) is 113 cm³/mol. The van der Waals surface area contributed by atoms with Crippen molar-refractivity contribution >= 4 is 56.1 Å². The fraction of sp³-hybridized carbons (Fsp3) is 0.211. The van der Waals surface area contributed by atoms with Crippen LogP contribution in [-0.2, 0) is 4.79 Å². The lowest BCUT2D eigenvalue weighted by atomic mass is 10.3. The smallest absolute Gasteiger partial charge is 0.329 e. The van der Waals surface area contributed by atoms with E-state index in [-0.39, 0.29) is 0 Å². The molecular formula is C19H16N2O3S3. The molecule has 1 aromatic heterocycles. The molecule has 0 unspecified atom stereocenters. The van der Waals surface area contributed by atoms with Crippen molar-refractivity contribution < 1.29 is 14.6 Å². The van der Waals surface area contributed by atoms with E-state index in [9.17, 15) is 4.79 Å². The Balaban J connectivity index is 1.39. The Hall–Kier alpha value is -2.03. The van der Waals surface area contributed by atoms with Gasteiger partial charge in [-0.05, 0) is 30.3 Å². The largest absolute Gasteiger partial charge is 0.493 e. The average Bonchev–Trinajstić information content (AvgIpc) is 3.32. The Morgan fingerprint density at radius 1 is 1.26 bits per heavy atom. The van der Waals surface area contributed by atoms with Crippen LogP contribution in [0.2, 0.25) is 0 Å². The number of carboxylic acid groups (broad SMARTS) is 1. The van der Waals surface area contributed by atoms with Gasteiger partial charge in [0.1, 0.15) is 15.8 Å². The van der Waals surface area contributed by atoms with Gasteiger partial charge in [-0.1, -0.05) is 18.2 Å². The summed E-state index contributed by atoms with van der Waals surface area (Å²) < 4.78 is 6.88. The quantitative estimate of drug-likeness (QED) is 0.454. The Kier molecular flexibility index (Phi) is 5.66. The molecule has 4 rings (SSSR count). The summed E-state index contributed by atoms with van der Waals surface area (Å²) in [6.07, 6.45) is 0. The first-order valence-corrected chi connectivity index (χ1v) is 11.1. The third kappa shape index (κ3) is 4.45. The molecule has 0 bridgehead atoms. The molecular weight excluding hydrogens is 400 g/mol. The van der Waals surface area contributed by atoms with Crippen LogP contribution in [0.1, 0.15) is 5.01 Å². The zero-order valence-corrected chi connectivity index (χ0v) is 16.6. The molecule has 0 aliphatic carbocycles. The monoisotopic (exact) mass is 416 g/mol. The van der Waals surface area contributed by atoms with E-state index in [2.05, 4.69) is 22.1 Å². The number of aliphatic carboxylic acids is 1. The number of aliphatic imine (C=N–C) groups is 1. The lowest BCUT2D eigenvalue weighted by molar-refractivity contribution is -0.137. The minimum atomic E-state index is -0.886. The highest BCUT2D eigenvalue weighted by Gasteiger charge is 2.26. The number of carbonyl (C=O) groups is 1. The number of hydrogen-bond donors (Lipinski definition) is 1. The zero-order chi connectivity index (χ0) is 18.6. The van der Waals surface area contributed by atoms with E-state index >= 15 is 0 Å². The van der Waals surface area contributed by atoms with Crippen LogP contribution in [0.25, 0.3) is 10.2 Å². The number of carboxylic acids is 1. The number of aromatic nitrogens is 1. The van der Waals surface area contributed by atoms with Gasteiger partial charge in [0.05, 0.1) is 16.8 Å². The number of fused-ring (bicyclic) bond motifs is 1. The number of thioether (sulfide) groups is 2. The summed E-state index contributed by atoms with van der Waals surface area (Å²) in [5.41, 5.74) is 0.878. The molecule has 0 radical (unpaired) electrons. The van der Waals surface area contributed by atoms with E-state index in [4.69, 9.17) is 9.84 Å². The SMILES string of the molecule is O=C(O)[C@H]1CSC(c2nc3ccc(OCCSc4ccccc4)cc3s2)=N1. The normalized spacial score (nSPS) is 16.4. The first kappa shape index (κ1) is 18.3. The third-order valence-corrected chi connectivity index (χ3v) is 7.03. The summed E-state index contributed by atoms with van der Waals surface area (Å²) in [4.78, 5) is 21.1. The molecule has 1 atom stereocenters. The zero-order valence-electron chi connectivity index (χ0n) is 14.2. The average molecular weight is 417 g/mol. The molecule has 0 amide bonds. The van der Waals surface area contributed by atoms with Crippen LogP contribution in [-0.4, -0.2) is 45.3 Å². The van der Waals surface area contributed by atoms with Crippen LogP contribution in [0, 0.1) is 0 Å². The standard InChI is InChI=1S/C19H16N2O3S3/c22-19(23)15-11-26-17(21-15)18-20-14-7-6-12(10-16(14)27-18)24-8-9-25-13-4-2-1-3-5-13/h1-7,10,15H,8-9,11H2,(H,22,23)/t15-/m1/s1. The van der Waals surface area contributed by atoms with Gasteiger partial charge in [-0.3, -0.25) is 4.99 Å². The molecule has 5 nitrogen and oxygen atoms in total. The molecule has 1 aliphatic heterocycles. The molecule has 2 aromatic carbocycles. The Morgan fingerprint density at radius 2 is 2.11 bits per heavy atom. The van der Waals surface area contributed by atoms with Gasteiger partial charge in [0, 0.05) is 16.4 Å². The summed E-state index contributed by atoms with van der Waals surface area (Å²) in [6.45, 7) is 0.625. The highest BCUT2D eigenvalue weighted by molar-refractivity contribution is 8.15. The molecule has 27 heavy (non-hydrogen) atoms. The van der Waals surface area contributed by atoms with Crippen molar-refractivity contribution in [3.63, 3.8) is 0 Å². The summed E-state index contributed by atoms with van der Waals surface area (Å²) in [5, 5.41) is 10.6. The van der Waals surface area contributed by atoms with Crippen LogP contribution < -0.4 is 4.74 Å². The molecule has 0 saturated heterocycles. The lowest BCUT2D eigenvalue weighted by Gasteiger charge is -2.05. The number of ether oxygens (including phenoxy) is 1. The maximum atomic E-state index is 11.1. The van der Waals surface area contributed by atoms with Crippen LogP contribution >= 0.6 is 34.9 Å². The maximum absolute atomic E-state index is 11.1. The molecule has 8 heteroatoms. The molecule has 0 spiro atoms. The van der Waals surface area contributed by atoms with Gasteiger partial charge in [0.2, 0.25) is 0 Å². The van der Waals surface area contributed by atoms with Crippen LogP contribution in [0.3, 0.4) is 0 Å². The molecule has 138 valence electrons. The van der Waals surface area contributed by atoms with Crippen molar-refractivity contribution in [3.8, 4) is 5.75 Å². The molecule has 0 saturated carbocycles. The maximum Gasteiger partial charge on any atom is 0.329 e. The fourth-order valence-corrected chi connectivity index (χ4v) is 5.38. The van der Waals surface area contributed by atoms with E-state index in [1.165, 1.54) is 28.0 Å². The number of nitrogens with zero attached hydrogens (tertiary/aromatic N) is 2. The first-order chi connectivity index (χ1) is 13.2. The van der Waals surface area contributed by atoms with Crippen molar-refractivity contribution in [1.82, 2.24) is 4.98 Å². The Bertz CT molecular complexity index is 988. The van der Waals surface area contributed by atoms with Crippen LogP contribution in [0.4, 0.5) is 0 Å². The van der Waals surface area contributed by atoms with Crippen molar-refractivity contribution in [1.29, 1.82) is 0 Å². The van der Waals surface area contributed by atoms with E-state index in [1.54, 1.807) is 11.8 Å². The number of rotatable bonds is 7. The second-order valence-corrected chi connectivity index (χ2v) is 8.97. The van der Waals surface area contributed by atoms with Crippen molar-refractivity contribution in [2.45, 2.75) is 10.9 Å². The minimum Gasteiger partial charge on any atom is -0.493 e. The number of benzene rings is 2. The van der Waals surface area contributed by atoms with Crippen molar-refractivity contribution in [2.24, 2.45) is 4.99 Å². The number of thiazole rings is 1. The molecule has 0 fully saturated rings. The third-order valence-electron chi connectivity index (χ3n) is 3.84. The van der Waals surface area contributed by atoms with Gasteiger partial charge in [0.25, 0.3) is 0 Å². The van der Waals surface area contributed by atoms with Gasteiger partial charge >= 0.3 is 5.97 Å². The topological polar surface area (TPSA) is 71.8 Å². The van der Waals surface area contributed by atoms with Gasteiger partial charge in [0.15, 0.2) is 6.04 Å². The second kappa shape index (κ2) is 8.33. The van der Waals surface area contributed by atoms with Gasteiger partial charge < -0.3 is 9.84 Å². The highest BCUT2D eigenvalue weighted by Crippen LogP contribution is 2.31. The lowest BCUT2D eigenvalue weighted by Crippen LogP contribution is -2.17. The number of hydrogen-bond acceptors (Lipinski definition) is 7. The van der Waals surface area contributed by atoms with Crippen LogP contribution in [0.5, 0.6) is 5.75 Å². The molecule has 3 aromatic rings. The second-order valence-electron chi connectivity index (χ2n) is 5.76.